The van der Waals surface area contributed by atoms with Crippen molar-refractivity contribution in [2.75, 3.05) is 44.7 Å². The van der Waals surface area contributed by atoms with E-state index in [1.54, 1.807) is 0 Å². The van der Waals surface area contributed by atoms with Crippen LogP contribution in [0.5, 0.6) is 0 Å². The molecule has 0 spiro atoms. The lowest BCUT2D eigenvalue weighted by molar-refractivity contribution is 0.371. The zero-order valence-electron chi connectivity index (χ0n) is 17.9. The molecule has 1 aliphatic heterocycles. The van der Waals surface area contributed by atoms with Gasteiger partial charge in [-0.25, -0.2) is 9.97 Å². The molecule has 0 atom stereocenters. The molecule has 8 heteroatoms. The van der Waals surface area contributed by atoms with E-state index in [9.17, 15) is 0 Å². The molecule has 1 aromatic carbocycles. The molecule has 1 saturated heterocycles. The maximum Gasteiger partial charge on any atom is 0.193 e. The fourth-order valence-electron chi connectivity index (χ4n) is 3.80. The first-order valence-electron chi connectivity index (χ1n) is 10.5. The van der Waals surface area contributed by atoms with Crippen LogP contribution in [-0.2, 0) is 13.0 Å². The number of halogens is 1. The average molecular weight is 531 g/mol. The number of anilines is 1. The lowest BCUT2D eigenvalue weighted by Gasteiger charge is -2.37. The molecule has 2 aromatic heterocycles. The van der Waals surface area contributed by atoms with E-state index in [1.165, 1.54) is 5.56 Å². The molecule has 0 saturated carbocycles. The molecule has 164 valence electrons. The minimum Gasteiger partial charge on any atom is -0.356 e. The van der Waals surface area contributed by atoms with Crippen molar-refractivity contribution in [2.45, 2.75) is 13.0 Å². The highest BCUT2D eigenvalue weighted by Gasteiger charge is 2.20. The molecular weight excluding hydrogens is 501 g/mol. The Morgan fingerprint density at radius 1 is 0.968 bits per heavy atom. The van der Waals surface area contributed by atoms with Gasteiger partial charge in [-0.2, -0.15) is 0 Å². The van der Waals surface area contributed by atoms with Gasteiger partial charge in [0.05, 0.1) is 0 Å². The van der Waals surface area contributed by atoms with Crippen LogP contribution in [-0.4, -0.2) is 65.2 Å². The second kappa shape index (κ2) is 11.7. The van der Waals surface area contributed by atoms with Crippen molar-refractivity contribution >= 4 is 35.8 Å². The lowest BCUT2D eigenvalue weighted by Crippen LogP contribution is -2.53. The summed E-state index contributed by atoms with van der Waals surface area (Å²) in [5.74, 6) is 3.09. The molecule has 3 heterocycles. The van der Waals surface area contributed by atoms with Crippen LogP contribution in [0.15, 0.2) is 72.1 Å². The summed E-state index contributed by atoms with van der Waals surface area (Å²) < 4.78 is 2.21. The minimum absolute atomic E-state index is 0. The van der Waals surface area contributed by atoms with Gasteiger partial charge in [-0.3, -0.25) is 4.99 Å². The van der Waals surface area contributed by atoms with Gasteiger partial charge in [0.15, 0.2) is 5.96 Å². The van der Waals surface area contributed by atoms with Gasteiger partial charge in [-0.15, -0.1) is 24.0 Å². The highest BCUT2D eigenvalue weighted by Crippen LogP contribution is 2.12. The first kappa shape index (κ1) is 23.1. The number of hydrogen-bond donors (Lipinski definition) is 1. The number of benzene rings is 1. The molecule has 1 N–H and O–H groups in total. The summed E-state index contributed by atoms with van der Waals surface area (Å²) in [7, 11) is 1.85. The first-order valence-corrected chi connectivity index (χ1v) is 10.5. The normalized spacial score (nSPS) is 14.3. The van der Waals surface area contributed by atoms with E-state index < -0.39 is 0 Å². The Hall–Kier alpha value is -2.62. The molecule has 0 radical (unpaired) electrons. The van der Waals surface area contributed by atoms with Crippen LogP contribution in [0.4, 0.5) is 5.82 Å². The summed E-state index contributed by atoms with van der Waals surface area (Å²) in [4.78, 5) is 18.1. The molecule has 4 rings (SSSR count). The zero-order valence-corrected chi connectivity index (χ0v) is 20.2. The molecule has 31 heavy (non-hydrogen) atoms. The van der Waals surface area contributed by atoms with Crippen molar-refractivity contribution in [1.82, 2.24) is 24.8 Å². The monoisotopic (exact) mass is 531 g/mol. The molecule has 0 aliphatic carbocycles. The number of imidazole rings is 1. The smallest absolute Gasteiger partial charge is 0.193 e. The Labute approximate surface area is 201 Å². The van der Waals surface area contributed by atoms with E-state index in [4.69, 9.17) is 0 Å². The van der Waals surface area contributed by atoms with Crippen molar-refractivity contribution in [2.24, 2.45) is 4.99 Å². The van der Waals surface area contributed by atoms with Gasteiger partial charge in [0.25, 0.3) is 0 Å². The van der Waals surface area contributed by atoms with Gasteiger partial charge in [0, 0.05) is 71.3 Å². The van der Waals surface area contributed by atoms with Crippen LogP contribution in [0.1, 0.15) is 11.4 Å². The first-order chi connectivity index (χ1) is 14.8. The number of aromatic nitrogens is 3. The van der Waals surface area contributed by atoms with Gasteiger partial charge in [-0.05, 0) is 17.7 Å². The summed E-state index contributed by atoms with van der Waals surface area (Å²) in [6.45, 7) is 5.40. The lowest BCUT2D eigenvalue weighted by atomic mass is 10.2. The minimum atomic E-state index is 0. The molecule has 0 amide bonds. The summed E-state index contributed by atoms with van der Waals surface area (Å²) in [6.07, 6.45) is 6.63. The van der Waals surface area contributed by atoms with Crippen molar-refractivity contribution < 1.29 is 0 Å². The van der Waals surface area contributed by atoms with Gasteiger partial charge < -0.3 is 19.7 Å². The molecule has 1 aliphatic rings. The second-order valence-corrected chi connectivity index (χ2v) is 7.34. The van der Waals surface area contributed by atoms with Crippen molar-refractivity contribution in [1.29, 1.82) is 0 Å². The Balaban J connectivity index is 0.00000272. The second-order valence-electron chi connectivity index (χ2n) is 7.34. The highest BCUT2D eigenvalue weighted by atomic mass is 127. The largest absolute Gasteiger partial charge is 0.356 e. The zero-order chi connectivity index (χ0) is 20.6. The third-order valence-electron chi connectivity index (χ3n) is 5.39. The van der Waals surface area contributed by atoms with E-state index in [-0.39, 0.29) is 24.0 Å². The third kappa shape index (κ3) is 6.19. The van der Waals surface area contributed by atoms with Crippen molar-refractivity contribution in [3.63, 3.8) is 0 Å². The number of pyridine rings is 1. The Morgan fingerprint density at radius 3 is 2.45 bits per heavy atom. The predicted molar refractivity (Wildman–Crippen MR) is 136 cm³/mol. The highest BCUT2D eigenvalue weighted by molar-refractivity contribution is 14.0. The molecule has 0 unspecified atom stereocenters. The van der Waals surface area contributed by atoms with E-state index in [2.05, 4.69) is 65.0 Å². The van der Waals surface area contributed by atoms with Gasteiger partial charge >= 0.3 is 0 Å². The number of aliphatic imine (C=N–C) groups is 1. The summed E-state index contributed by atoms with van der Waals surface area (Å²) in [6, 6.07) is 16.6. The number of rotatable bonds is 6. The maximum atomic E-state index is 4.55. The van der Waals surface area contributed by atoms with Crippen LogP contribution >= 0.6 is 24.0 Å². The maximum absolute atomic E-state index is 4.55. The standard InChI is InChI=1S/C23H29N7.HI/c1-24-23(29-17-15-28(16-18-29)21-9-5-6-11-25-21)27-12-10-22-26-13-14-30(22)19-20-7-3-2-4-8-20;/h2-9,11,13-14H,10,12,15-19H2,1H3,(H,24,27);1H. The summed E-state index contributed by atoms with van der Waals surface area (Å²) >= 11 is 0. The number of nitrogens with one attached hydrogen (secondary N) is 1. The van der Waals surface area contributed by atoms with Gasteiger partial charge in [0.2, 0.25) is 0 Å². The molecular formula is C23H30IN7. The topological polar surface area (TPSA) is 61.6 Å². The van der Waals surface area contributed by atoms with Crippen LogP contribution in [0.3, 0.4) is 0 Å². The van der Waals surface area contributed by atoms with Crippen LogP contribution in [0, 0.1) is 0 Å². The quantitative estimate of drug-likeness (QED) is 0.301. The summed E-state index contributed by atoms with van der Waals surface area (Å²) in [5.41, 5.74) is 1.28. The number of nitrogens with zero attached hydrogens (tertiary/aromatic N) is 6. The van der Waals surface area contributed by atoms with Gasteiger partial charge in [0.1, 0.15) is 11.6 Å². The Bertz CT molecular complexity index is 935. The summed E-state index contributed by atoms with van der Waals surface area (Å²) in [5, 5.41) is 3.51. The Morgan fingerprint density at radius 2 is 1.74 bits per heavy atom. The van der Waals surface area contributed by atoms with Crippen molar-refractivity contribution in [3.05, 3.63) is 78.5 Å². The molecule has 0 bridgehead atoms. The van der Waals surface area contributed by atoms with Crippen LogP contribution in [0.2, 0.25) is 0 Å². The SMILES string of the molecule is CN=C(NCCc1nccn1Cc1ccccc1)N1CCN(c2ccccn2)CC1.I. The van der Waals surface area contributed by atoms with E-state index >= 15 is 0 Å². The van der Waals surface area contributed by atoms with E-state index in [0.717, 1.165) is 63.3 Å². The van der Waals surface area contributed by atoms with Crippen LogP contribution in [0.25, 0.3) is 0 Å². The van der Waals surface area contributed by atoms with Crippen molar-refractivity contribution in [3.8, 4) is 0 Å². The number of piperazine rings is 1. The molecule has 1 fully saturated rings. The molecule has 3 aromatic rings. The van der Waals surface area contributed by atoms with Gasteiger partial charge in [-0.1, -0.05) is 36.4 Å². The van der Waals surface area contributed by atoms with E-state index in [0.29, 0.717) is 0 Å². The predicted octanol–water partition coefficient (Wildman–Crippen LogP) is 2.88. The average Bonchev–Trinajstić information content (AvgIpc) is 3.25. The van der Waals surface area contributed by atoms with Crippen LogP contribution < -0.4 is 10.2 Å². The fourth-order valence-corrected chi connectivity index (χ4v) is 3.80. The number of guanidine groups is 1. The molecule has 7 nitrogen and oxygen atoms in total. The third-order valence-corrected chi connectivity index (χ3v) is 5.39. The van der Waals surface area contributed by atoms with E-state index in [1.807, 2.05) is 43.8 Å². The Kier molecular flexibility index (Phi) is 8.69. The fraction of sp³-hybridized carbons (Fsp3) is 0.348. The number of hydrogen-bond acceptors (Lipinski definition) is 4.